The topological polar surface area (TPSA) is 94.3 Å². The molecule has 5 nitrogen and oxygen atoms in total. The van der Waals surface area contributed by atoms with Crippen molar-refractivity contribution in [2.45, 2.75) is 38.8 Å². The summed E-state index contributed by atoms with van der Waals surface area (Å²) in [5, 5.41) is 9.32. The minimum atomic E-state index is -0.913. The zero-order chi connectivity index (χ0) is 12.7. The van der Waals surface area contributed by atoms with Crippen LogP contribution in [0.25, 0.3) is 0 Å². The molecule has 5 N–H and O–H groups in total. The maximum atomic E-state index is 11.4. The molecule has 0 aromatic carbocycles. The average Bonchev–Trinajstić information content (AvgIpc) is 3.04. The molecule has 2 rings (SSSR count). The Balaban J connectivity index is 2.62. The van der Waals surface area contributed by atoms with Crippen molar-refractivity contribution in [3.8, 4) is 0 Å². The summed E-state index contributed by atoms with van der Waals surface area (Å²) in [5.74, 6) is -0.913. The van der Waals surface area contributed by atoms with E-state index in [1.54, 1.807) is 0 Å². The standard InChI is InChI=1S/C12H19N3O2/c1-6-10(9(14)5-13)11(12(16)17)7(2)15(6)8-3-4-8/h8-9H,3-5,13-14H2,1-2H3,(H,16,17). The van der Waals surface area contributed by atoms with Gasteiger partial charge in [-0.1, -0.05) is 0 Å². The molecule has 1 aliphatic carbocycles. The fourth-order valence-corrected chi connectivity index (χ4v) is 2.60. The lowest BCUT2D eigenvalue weighted by molar-refractivity contribution is 0.0694. The number of carboxylic acid groups (broad SMARTS) is 1. The van der Waals surface area contributed by atoms with Gasteiger partial charge in [-0.25, -0.2) is 4.79 Å². The van der Waals surface area contributed by atoms with Crippen LogP contribution in [0.1, 0.15) is 52.2 Å². The highest BCUT2D eigenvalue weighted by Gasteiger charge is 2.32. The quantitative estimate of drug-likeness (QED) is 0.730. The molecule has 0 bridgehead atoms. The molecule has 0 amide bonds. The molecular formula is C12H19N3O2. The van der Waals surface area contributed by atoms with Crippen LogP contribution in [0, 0.1) is 13.8 Å². The van der Waals surface area contributed by atoms with E-state index in [-0.39, 0.29) is 6.54 Å². The van der Waals surface area contributed by atoms with Crippen molar-refractivity contribution >= 4 is 5.97 Å². The minimum absolute atomic E-state index is 0.259. The molecule has 1 heterocycles. The molecular weight excluding hydrogens is 218 g/mol. The van der Waals surface area contributed by atoms with Gasteiger partial charge < -0.3 is 21.1 Å². The normalized spacial score (nSPS) is 17.2. The molecule has 1 aromatic rings. The van der Waals surface area contributed by atoms with E-state index in [0.717, 1.165) is 24.2 Å². The predicted octanol–water partition coefficient (Wildman–Crippen LogP) is 1.10. The molecule has 1 unspecified atom stereocenters. The Morgan fingerprint density at radius 2 is 2.06 bits per heavy atom. The van der Waals surface area contributed by atoms with E-state index in [0.29, 0.717) is 17.2 Å². The summed E-state index contributed by atoms with van der Waals surface area (Å²) >= 11 is 0. The molecule has 94 valence electrons. The average molecular weight is 237 g/mol. The van der Waals surface area contributed by atoms with Gasteiger partial charge >= 0.3 is 5.97 Å². The fraction of sp³-hybridized carbons (Fsp3) is 0.583. The smallest absolute Gasteiger partial charge is 0.337 e. The second kappa shape index (κ2) is 4.16. The van der Waals surface area contributed by atoms with Gasteiger partial charge in [0.15, 0.2) is 0 Å². The van der Waals surface area contributed by atoms with E-state index in [4.69, 9.17) is 11.5 Å². The molecule has 1 aromatic heterocycles. The first-order valence-corrected chi connectivity index (χ1v) is 5.89. The van der Waals surface area contributed by atoms with Crippen molar-refractivity contribution < 1.29 is 9.90 Å². The van der Waals surface area contributed by atoms with Crippen LogP contribution in [-0.2, 0) is 0 Å². The first kappa shape index (κ1) is 12.1. The number of hydrogen-bond donors (Lipinski definition) is 3. The number of nitrogens with zero attached hydrogens (tertiary/aromatic N) is 1. The zero-order valence-electron chi connectivity index (χ0n) is 10.2. The molecule has 0 spiro atoms. The second-order valence-corrected chi connectivity index (χ2v) is 4.71. The number of carboxylic acids is 1. The van der Waals surface area contributed by atoms with Crippen LogP contribution in [-0.4, -0.2) is 22.2 Å². The maximum absolute atomic E-state index is 11.4. The molecule has 0 radical (unpaired) electrons. The Labute approximate surface area is 100 Å². The van der Waals surface area contributed by atoms with E-state index in [2.05, 4.69) is 4.57 Å². The van der Waals surface area contributed by atoms with E-state index in [9.17, 15) is 9.90 Å². The number of carbonyl (C=O) groups is 1. The summed E-state index contributed by atoms with van der Waals surface area (Å²) in [6.07, 6.45) is 2.24. The predicted molar refractivity (Wildman–Crippen MR) is 65.1 cm³/mol. The summed E-state index contributed by atoms with van der Waals surface area (Å²) in [4.78, 5) is 11.4. The highest BCUT2D eigenvalue weighted by molar-refractivity contribution is 5.91. The monoisotopic (exact) mass is 237 g/mol. The number of aromatic carboxylic acids is 1. The van der Waals surface area contributed by atoms with Crippen molar-refractivity contribution in [2.75, 3.05) is 6.54 Å². The van der Waals surface area contributed by atoms with Crippen LogP contribution < -0.4 is 11.5 Å². The number of rotatable bonds is 4. The molecule has 0 saturated heterocycles. The van der Waals surface area contributed by atoms with Crippen molar-refractivity contribution in [1.29, 1.82) is 0 Å². The van der Waals surface area contributed by atoms with Gasteiger partial charge in [0.1, 0.15) is 0 Å². The van der Waals surface area contributed by atoms with Gasteiger partial charge in [-0.2, -0.15) is 0 Å². The molecule has 1 fully saturated rings. The van der Waals surface area contributed by atoms with Crippen molar-refractivity contribution in [3.05, 3.63) is 22.5 Å². The maximum Gasteiger partial charge on any atom is 0.337 e. The van der Waals surface area contributed by atoms with Crippen LogP contribution in [0.2, 0.25) is 0 Å². The number of hydrogen-bond acceptors (Lipinski definition) is 3. The molecule has 1 aliphatic rings. The van der Waals surface area contributed by atoms with Crippen LogP contribution in [0.5, 0.6) is 0 Å². The Morgan fingerprint density at radius 1 is 1.47 bits per heavy atom. The van der Waals surface area contributed by atoms with Crippen LogP contribution in [0.15, 0.2) is 0 Å². The first-order valence-electron chi connectivity index (χ1n) is 5.89. The Bertz CT molecular complexity index is 461. The van der Waals surface area contributed by atoms with Crippen molar-refractivity contribution in [2.24, 2.45) is 11.5 Å². The summed E-state index contributed by atoms with van der Waals surface area (Å²) in [6.45, 7) is 4.04. The minimum Gasteiger partial charge on any atom is -0.478 e. The van der Waals surface area contributed by atoms with E-state index in [1.807, 2.05) is 13.8 Å². The summed E-state index contributed by atoms with van der Waals surface area (Å²) < 4.78 is 2.11. The third kappa shape index (κ3) is 1.85. The first-order chi connectivity index (χ1) is 7.99. The Kier molecular flexibility index (Phi) is 2.97. The van der Waals surface area contributed by atoms with Gasteiger partial charge in [0.2, 0.25) is 0 Å². The highest BCUT2D eigenvalue weighted by Crippen LogP contribution is 2.40. The third-order valence-corrected chi connectivity index (χ3v) is 3.49. The van der Waals surface area contributed by atoms with Crippen LogP contribution in [0.4, 0.5) is 0 Å². The number of aromatic nitrogens is 1. The van der Waals surface area contributed by atoms with Gasteiger partial charge in [0, 0.05) is 35.6 Å². The third-order valence-electron chi connectivity index (χ3n) is 3.49. The van der Waals surface area contributed by atoms with E-state index >= 15 is 0 Å². The van der Waals surface area contributed by atoms with E-state index < -0.39 is 12.0 Å². The Morgan fingerprint density at radius 3 is 2.47 bits per heavy atom. The molecule has 17 heavy (non-hydrogen) atoms. The van der Waals surface area contributed by atoms with Gasteiger partial charge in [0.25, 0.3) is 0 Å². The van der Waals surface area contributed by atoms with Crippen molar-refractivity contribution in [3.63, 3.8) is 0 Å². The fourth-order valence-electron chi connectivity index (χ4n) is 2.60. The van der Waals surface area contributed by atoms with Gasteiger partial charge in [-0.05, 0) is 26.7 Å². The molecule has 1 atom stereocenters. The lowest BCUT2D eigenvalue weighted by Crippen LogP contribution is -2.23. The van der Waals surface area contributed by atoms with Gasteiger partial charge in [-0.15, -0.1) is 0 Å². The SMILES string of the molecule is Cc1c(C(=O)O)c(C(N)CN)c(C)n1C1CC1. The van der Waals surface area contributed by atoms with Gasteiger partial charge in [-0.3, -0.25) is 0 Å². The molecule has 5 heteroatoms. The second-order valence-electron chi connectivity index (χ2n) is 4.71. The molecule has 0 aliphatic heterocycles. The highest BCUT2D eigenvalue weighted by atomic mass is 16.4. The lowest BCUT2D eigenvalue weighted by atomic mass is 10.0. The summed E-state index contributed by atoms with van der Waals surface area (Å²) in [7, 11) is 0. The van der Waals surface area contributed by atoms with E-state index in [1.165, 1.54) is 0 Å². The summed E-state index contributed by atoms with van der Waals surface area (Å²) in [5.41, 5.74) is 14.3. The largest absolute Gasteiger partial charge is 0.478 e. The van der Waals surface area contributed by atoms with Gasteiger partial charge in [0.05, 0.1) is 5.56 Å². The van der Waals surface area contributed by atoms with Crippen LogP contribution in [0.3, 0.4) is 0 Å². The summed E-state index contributed by atoms with van der Waals surface area (Å²) in [6, 6.07) is 0.0478. The Hall–Kier alpha value is -1.33. The van der Waals surface area contributed by atoms with Crippen LogP contribution >= 0.6 is 0 Å². The molecule has 1 saturated carbocycles. The lowest BCUT2D eigenvalue weighted by Gasteiger charge is -2.11. The van der Waals surface area contributed by atoms with Crippen molar-refractivity contribution in [1.82, 2.24) is 4.57 Å². The number of nitrogens with two attached hydrogens (primary N) is 2. The zero-order valence-corrected chi connectivity index (χ0v) is 10.2.